The van der Waals surface area contributed by atoms with Crippen LogP contribution in [0.5, 0.6) is 0 Å². The molecule has 3 heterocycles. The van der Waals surface area contributed by atoms with E-state index in [4.69, 9.17) is 9.15 Å². The van der Waals surface area contributed by atoms with Crippen LogP contribution in [0.25, 0.3) is 11.6 Å². The minimum Gasteiger partial charge on any atom is -0.458 e. The highest BCUT2D eigenvalue weighted by atomic mass is 16.5. The zero-order chi connectivity index (χ0) is 16.2. The molecular formula is C15H21N5O3. The first-order chi connectivity index (χ1) is 11.1. The summed E-state index contributed by atoms with van der Waals surface area (Å²) in [5.74, 6) is 1.80. The van der Waals surface area contributed by atoms with Gasteiger partial charge in [0.25, 0.3) is 5.91 Å². The molecule has 0 spiro atoms. The minimum absolute atomic E-state index is 0.0120. The summed E-state index contributed by atoms with van der Waals surface area (Å²) in [6.45, 7) is 3.86. The Balaban J connectivity index is 1.47. The van der Waals surface area contributed by atoms with E-state index >= 15 is 0 Å². The molecule has 124 valence electrons. The Morgan fingerprint density at radius 3 is 2.96 bits per heavy atom. The van der Waals surface area contributed by atoms with Crippen molar-refractivity contribution in [1.82, 2.24) is 20.1 Å². The van der Waals surface area contributed by atoms with Gasteiger partial charge in [-0.25, -0.2) is 0 Å². The standard InChI is InChI=1S/C15H21N5O3/c1-10-3-4-12(23-10)14-17-15(19-18-14)16-13(21)9-22-11-5-7-20(2)8-6-11/h3-4,11H,5-9H2,1-2H3,(H2,16,17,18,19,21). The van der Waals surface area contributed by atoms with Crippen LogP contribution in [0.4, 0.5) is 5.95 Å². The zero-order valence-electron chi connectivity index (χ0n) is 13.3. The number of likely N-dealkylation sites (tertiary alicyclic amines) is 1. The van der Waals surface area contributed by atoms with Crippen molar-refractivity contribution in [2.24, 2.45) is 0 Å². The fourth-order valence-corrected chi connectivity index (χ4v) is 2.50. The molecule has 1 amide bonds. The normalized spacial score (nSPS) is 16.6. The number of nitrogens with zero attached hydrogens (tertiary/aromatic N) is 3. The average Bonchev–Trinajstić information content (AvgIpc) is 3.16. The van der Waals surface area contributed by atoms with Gasteiger partial charge in [-0.05, 0) is 38.9 Å². The second-order valence-corrected chi connectivity index (χ2v) is 5.78. The van der Waals surface area contributed by atoms with Crippen molar-refractivity contribution in [2.45, 2.75) is 25.9 Å². The molecule has 3 rings (SSSR count). The van der Waals surface area contributed by atoms with Gasteiger partial charge >= 0.3 is 0 Å². The molecular weight excluding hydrogens is 298 g/mol. The number of nitrogens with one attached hydrogen (secondary N) is 2. The van der Waals surface area contributed by atoms with Gasteiger partial charge < -0.3 is 14.1 Å². The van der Waals surface area contributed by atoms with Gasteiger partial charge in [-0.15, -0.1) is 5.10 Å². The lowest BCUT2D eigenvalue weighted by molar-refractivity contribution is -0.123. The molecule has 0 saturated carbocycles. The summed E-state index contributed by atoms with van der Waals surface area (Å²) < 4.78 is 11.1. The Morgan fingerprint density at radius 1 is 1.48 bits per heavy atom. The van der Waals surface area contributed by atoms with Crippen molar-refractivity contribution in [3.8, 4) is 11.6 Å². The maximum absolute atomic E-state index is 11.9. The summed E-state index contributed by atoms with van der Waals surface area (Å²) in [5, 5.41) is 9.31. The predicted molar refractivity (Wildman–Crippen MR) is 83.9 cm³/mol. The van der Waals surface area contributed by atoms with E-state index in [0.29, 0.717) is 11.6 Å². The number of aromatic nitrogens is 3. The molecule has 0 aliphatic carbocycles. The van der Waals surface area contributed by atoms with E-state index in [1.165, 1.54) is 0 Å². The van der Waals surface area contributed by atoms with Crippen LogP contribution in [0.15, 0.2) is 16.5 Å². The van der Waals surface area contributed by atoms with Gasteiger partial charge in [0.2, 0.25) is 5.95 Å². The van der Waals surface area contributed by atoms with Crippen LogP contribution >= 0.6 is 0 Å². The van der Waals surface area contributed by atoms with Gasteiger partial charge in [0.15, 0.2) is 11.6 Å². The number of ether oxygens (including phenoxy) is 1. The first-order valence-electron chi connectivity index (χ1n) is 7.69. The highest BCUT2D eigenvalue weighted by Gasteiger charge is 2.18. The molecule has 1 fully saturated rings. The Morgan fingerprint density at radius 2 is 2.26 bits per heavy atom. The first kappa shape index (κ1) is 15.7. The lowest BCUT2D eigenvalue weighted by atomic mass is 10.1. The fraction of sp³-hybridized carbons (Fsp3) is 0.533. The van der Waals surface area contributed by atoms with Crippen molar-refractivity contribution in [2.75, 3.05) is 32.1 Å². The second kappa shape index (κ2) is 6.93. The SMILES string of the molecule is Cc1ccc(-c2nc(NC(=O)COC3CCN(C)CC3)n[nH]2)o1. The van der Waals surface area contributed by atoms with E-state index in [2.05, 4.69) is 32.4 Å². The van der Waals surface area contributed by atoms with Gasteiger partial charge in [0, 0.05) is 13.1 Å². The van der Waals surface area contributed by atoms with Gasteiger partial charge in [-0.1, -0.05) is 0 Å². The number of aromatic amines is 1. The third-order valence-electron chi connectivity index (χ3n) is 3.83. The third-order valence-corrected chi connectivity index (χ3v) is 3.83. The maximum Gasteiger partial charge on any atom is 0.252 e. The number of anilines is 1. The van der Waals surface area contributed by atoms with E-state index in [1.54, 1.807) is 6.07 Å². The number of piperidine rings is 1. The fourth-order valence-electron chi connectivity index (χ4n) is 2.50. The van der Waals surface area contributed by atoms with Crippen molar-refractivity contribution < 1.29 is 13.9 Å². The van der Waals surface area contributed by atoms with Crippen molar-refractivity contribution in [3.63, 3.8) is 0 Å². The lowest BCUT2D eigenvalue weighted by Crippen LogP contribution is -2.35. The molecule has 1 saturated heterocycles. The molecule has 2 aromatic rings. The van der Waals surface area contributed by atoms with Crippen LogP contribution < -0.4 is 5.32 Å². The Kier molecular flexibility index (Phi) is 4.73. The van der Waals surface area contributed by atoms with Crippen LogP contribution in [-0.2, 0) is 9.53 Å². The number of H-pyrrole nitrogens is 1. The molecule has 8 heteroatoms. The van der Waals surface area contributed by atoms with E-state index in [1.807, 2.05) is 13.0 Å². The van der Waals surface area contributed by atoms with E-state index in [0.717, 1.165) is 31.7 Å². The van der Waals surface area contributed by atoms with E-state index in [9.17, 15) is 4.79 Å². The molecule has 23 heavy (non-hydrogen) atoms. The summed E-state index contributed by atoms with van der Waals surface area (Å²) >= 11 is 0. The van der Waals surface area contributed by atoms with Gasteiger partial charge in [-0.2, -0.15) is 4.98 Å². The quantitative estimate of drug-likeness (QED) is 0.865. The molecule has 0 bridgehead atoms. The summed E-state index contributed by atoms with van der Waals surface area (Å²) in [4.78, 5) is 18.3. The summed E-state index contributed by atoms with van der Waals surface area (Å²) in [7, 11) is 2.09. The van der Waals surface area contributed by atoms with Gasteiger partial charge in [0.1, 0.15) is 12.4 Å². The summed E-state index contributed by atoms with van der Waals surface area (Å²) in [6, 6.07) is 3.64. The van der Waals surface area contributed by atoms with Crippen LogP contribution in [-0.4, -0.2) is 58.8 Å². The predicted octanol–water partition coefficient (Wildman–Crippen LogP) is 1.42. The Bertz CT molecular complexity index is 658. The Labute approximate surface area is 134 Å². The lowest BCUT2D eigenvalue weighted by Gasteiger charge is -2.28. The van der Waals surface area contributed by atoms with Crippen molar-refractivity contribution >= 4 is 11.9 Å². The highest BCUT2D eigenvalue weighted by Crippen LogP contribution is 2.18. The van der Waals surface area contributed by atoms with Crippen LogP contribution in [0.2, 0.25) is 0 Å². The molecule has 2 N–H and O–H groups in total. The molecule has 0 radical (unpaired) electrons. The number of hydrogen-bond donors (Lipinski definition) is 2. The molecule has 1 aliphatic heterocycles. The first-order valence-corrected chi connectivity index (χ1v) is 7.69. The Hall–Kier alpha value is -2.19. The second-order valence-electron chi connectivity index (χ2n) is 5.78. The number of carbonyl (C=O) groups is 1. The monoisotopic (exact) mass is 319 g/mol. The minimum atomic E-state index is -0.259. The van der Waals surface area contributed by atoms with E-state index in [-0.39, 0.29) is 24.6 Å². The maximum atomic E-state index is 11.9. The van der Waals surface area contributed by atoms with Gasteiger partial charge in [0.05, 0.1) is 6.10 Å². The van der Waals surface area contributed by atoms with Gasteiger partial charge in [-0.3, -0.25) is 15.2 Å². The zero-order valence-corrected chi connectivity index (χ0v) is 13.3. The van der Waals surface area contributed by atoms with Crippen molar-refractivity contribution in [3.05, 3.63) is 17.9 Å². The highest BCUT2D eigenvalue weighted by molar-refractivity contribution is 5.90. The molecule has 0 aromatic carbocycles. The number of amides is 1. The number of aryl methyl sites for hydroxylation is 1. The number of furan rings is 1. The van der Waals surface area contributed by atoms with Crippen LogP contribution in [0, 0.1) is 6.92 Å². The largest absolute Gasteiger partial charge is 0.458 e. The smallest absolute Gasteiger partial charge is 0.252 e. The topological polar surface area (TPSA) is 96.3 Å². The number of hydrogen-bond acceptors (Lipinski definition) is 6. The third kappa shape index (κ3) is 4.17. The summed E-state index contributed by atoms with van der Waals surface area (Å²) in [6.07, 6.45) is 2.05. The molecule has 1 aliphatic rings. The van der Waals surface area contributed by atoms with E-state index < -0.39 is 0 Å². The summed E-state index contributed by atoms with van der Waals surface area (Å²) in [5.41, 5.74) is 0. The number of rotatable bonds is 5. The van der Waals surface area contributed by atoms with Crippen LogP contribution in [0.1, 0.15) is 18.6 Å². The van der Waals surface area contributed by atoms with Crippen LogP contribution in [0.3, 0.4) is 0 Å². The molecule has 8 nitrogen and oxygen atoms in total. The molecule has 2 aromatic heterocycles. The molecule has 0 atom stereocenters. The molecule has 0 unspecified atom stereocenters. The average molecular weight is 319 g/mol. The van der Waals surface area contributed by atoms with Crippen molar-refractivity contribution in [1.29, 1.82) is 0 Å². The number of carbonyl (C=O) groups excluding carboxylic acids is 1.